The van der Waals surface area contributed by atoms with Gasteiger partial charge >= 0.3 is 0 Å². The third-order valence-corrected chi connectivity index (χ3v) is 5.01. The molecule has 2 N–H and O–H groups in total. The number of aromatic amines is 1. The fraction of sp³-hybridized carbons (Fsp3) is 0.235. The molecule has 0 saturated carbocycles. The van der Waals surface area contributed by atoms with Crippen molar-refractivity contribution in [2.24, 2.45) is 0 Å². The maximum Gasteiger partial charge on any atom is 0.295 e. The molecule has 0 aromatic carbocycles. The summed E-state index contributed by atoms with van der Waals surface area (Å²) in [6.07, 6.45) is 4.51. The summed E-state index contributed by atoms with van der Waals surface area (Å²) in [6, 6.07) is 1.68. The Labute approximate surface area is 163 Å². The van der Waals surface area contributed by atoms with Crippen LogP contribution in [0.25, 0.3) is 22.3 Å². The summed E-state index contributed by atoms with van der Waals surface area (Å²) in [6.45, 7) is 2.38. The van der Waals surface area contributed by atoms with E-state index >= 15 is 0 Å². The van der Waals surface area contributed by atoms with Gasteiger partial charge in [-0.2, -0.15) is 0 Å². The van der Waals surface area contributed by atoms with Crippen LogP contribution in [0, 0.1) is 0 Å². The molecule has 0 radical (unpaired) electrons. The van der Waals surface area contributed by atoms with Crippen LogP contribution in [0.4, 0.5) is 0 Å². The number of rotatable bonds is 3. The third kappa shape index (κ3) is 3.27. The predicted octanol–water partition coefficient (Wildman–Crippen LogP) is 1.94. The second kappa shape index (κ2) is 7.22. The maximum absolute atomic E-state index is 12.7. The number of nitrogens with one attached hydrogen (secondary N) is 2. The molecule has 4 heterocycles. The average Bonchev–Trinajstić information content (AvgIpc) is 3.14. The molecule has 8 nitrogen and oxygen atoms in total. The number of pyridine rings is 1. The number of carbonyl (C=O) groups excluding carboxylic acids is 2. The Morgan fingerprint density at radius 2 is 1.89 bits per heavy atom. The minimum atomic E-state index is -0.555. The van der Waals surface area contributed by atoms with Crippen molar-refractivity contribution in [2.75, 3.05) is 26.2 Å². The number of ketones is 1. The zero-order valence-electron chi connectivity index (χ0n) is 14.0. The lowest BCUT2D eigenvalue weighted by molar-refractivity contribution is -0.126. The van der Waals surface area contributed by atoms with Gasteiger partial charge in [0.05, 0.1) is 17.3 Å². The van der Waals surface area contributed by atoms with Gasteiger partial charge in [-0.05, 0) is 6.07 Å². The van der Waals surface area contributed by atoms with E-state index in [2.05, 4.69) is 25.3 Å². The van der Waals surface area contributed by atoms with Gasteiger partial charge in [-0.25, -0.2) is 9.97 Å². The molecule has 1 aliphatic rings. The lowest BCUT2D eigenvalue weighted by Crippen LogP contribution is -2.48. The van der Waals surface area contributed by atoms with E-state index < -0.39 is 11.7 Å². The number of amides is 1. The number of halogens is 2. The van der Waals surface area contributed by atoms with E-state index in [-0.39, 0.29) is 10.3 Å². The molecule has 0 spiro atoms. The van der Waals surface area contributed by atoms with Crippen LogP contribution in [-0.4, -0.2) is 62.7 Å². The number of carbonyl (C=O) groups is 2. The van der Waals surface area contributed by atoms with Gasteiger partial charge in [0.15, 0.2) is 10.3 Å². The predicted molar refractivity (Wildman–Crippen MR) is 101 cm³/mol. The highest BCUT2D eigenvalue weighted by molar-refractivity contribution is 6.45. The highest BCUT2D eigenvalue weighted by atomic mass is 35.5. The standard InChI is InChI=1S/C17H14Cl2N6O2/c18-15-16(19)24-11(8-23-15)13-12-9(1-2-21-13)10(7-22-12)14(26)17(27)25-5-3-20-4-6-25/h1-2,7-8,20,22H,3-6H2. The summed E-state index contributed by atoms with van der Waals surface area (Å²) in [5.74, 6) is -1.06. The number of piperazine rings is 1. The van der Waals surface area contributed by atoms with E-state index in [4.69, 9.17) is 23.2 Å². The summed E-state index contributed by atoms with van der Waals surface area (Å²) in [7, 11) is 0. The lowest BCUT2D eigenvalue weighted by atomic mass is 10.1. The lowest BCUT2D eigenvalue weighted by Gasteiger charge is -2.26. The minimum absolute atomic E-state index is 0.0599. The Morgan fingerprint density at radius 1 is 1.11 bits per heavy atom. The Kier molecular flexibility index (Phi) is 4.77. The number of fused-ring (bicyclic) bond motifs is 1. The van der Waals surface area contributed by atoms with E-state index in [9.17, 15) is 9.59 Å². The van der Waals surface area contributed by atoms with Gasteiger partial charge in [-0.1, -0.05) is 23.2 Å². The van der Waals surface area contributed by atoms with Crippen molar-refractivity contribution in [3.05, 3.63) is 40.5 Å². The van der Waals surface area contributed by atoms with Crippen molar-refractivity contribution < 1.29 is 9.59 Å². The molecule has 1 saturated heterocycles. The SMILES string of the molecule is O=C(C(=O)N1CCNCC1)c1c[nH]c2c(-c3cnc(Cl)c(Cl)n3)nccc12. The third-order valence-electron chi connectivity index (χ3n) is 4.38. The van der Waals surface area contributed by atoms with Crippen LogP contribution >= 0.6 is 23.2 Å². The van der Waals surface area contributed by atoms with Crippen LogP contribution in [0.5, 0.6) is 0 Å². The number of nitrogens with zero attached hydrogens (tertiary/aromatic N) is 4. The van der Waals surface area contributed by atoms with Gasteiger partial charge in [-0.15, -0.1) is 0 Å². The van der Waals surface area contributed by atoms with E-state index in [0.717, 1.165) is 0 Å². The molecule has 4 rings (SSSR count). The molecule has 0 aliphatic carbocycles. The van der Waals surface area contributed by atoms with E-state index in [1.165, 1.54) is 12.4 Å². The highest BCUT2D eigenvalue weighted by Gasteiger charge is 2.27. The smallest absolute Gasteiger partial charge is 0.295 e. The summed E-state index contributed by atoms with van der Waals surface area (Å²) in [4.78, 5) is 42.3. The molecule has 0 unspecified atom stereocenters. The zero-order valence-corrected chi connectivity index (χ0v) is 15.5. The van der Waals surface area contributed by atoms with Crippen molar-refractivity contribution in [3.8, 4) is 11.4 Å². The molecule has 3 aromatic heterocycles. The molecule has 1 amide bonds. The minimum Gasteiger partial charge on any atom is -0.359 e. The first-order valence-electron chi connectivity index (χ1n) is 8.25. The van der Waals surface area contributed by atoms with Crippen LogP contribution in [0.3, 0.4) is 0 Å². The fourth-order valence-electron chi connectivity index (χ4n) is 3.03. The second-order valence-electron chi connectivity index (χ2n) is 5.99. The Morgan fingerprint density at radius 3 is 2.63 bits per heavy atom. The van der Waals surface area contributed by atoms with Crippen LogP contribution in [0.1, 0.15) is 10.4 Å². The van der Waals surface area contributed by atoms with Crippen molar-refractivity contribution in [1.29, 1.82) is 0 Å². The molecule has 10 heteroatoms. The first-order valence-corrected chi connectivity index (χ1v) is 9.00. The number of aromatic nitrogens is 4. The maximum atomic E-state index is 12.7. The van der Waals surface area contributed by atoms with E-state index in [0.29, 0.717) is 54.0 Å². The van der Waals surface area contributed by atoms with Crippen LogP contribution in [0.15, 0.2) is 24.7 Å². The number of Topliss-reactive ketones (excluding diaryl/α,β-unsaturated/α-hetero) is 1. The van der Waals surface area contributed by atoms with Crippen LogP contribution in [-0.2, 0) is 4.79 Å². The Bertz CT molecular complexity index is 1050. The Balaban J connectivity index is 1.73. The van der Waals surface area contributed by atoms with Gasteiger partial charge in [0, 0.05) is 44.0 Å². The van der Waals surface area contributed by atoms with Gasteiger partial charge in [0.25, 0.3) is 11.7 Å². The molecule has 3 aromatic rings. The number of H-pyrrole nitrogens is 1. The molecular weight excluding hydrogens is 391 g/mol. The van der Waals surface area contributed by atoms with Gasteiger partial charge in [-0.3, -0.25) is 14.6 Å². The zero-order chi connectivity index (χ0) is 19.0. The molecule has 1 aliphatic heterocycles. The quantitative estimate of drug-likeness (QED) is 0.510. The molecule has 1 fully saturated rings. The van der Waals surface area contributed by atoms with Gasteiger partial charge in [0.1, 0.15) is 11.4 Å². The highest BCUT2D eigenvalue weighted by Crippen LogP contribution is 2.28. The monoisotopic (exact) mass is 404 g/mol. The topological polar surface area (TPSA) is 104 Å². The van der Waals surface area contributed by atoms with Crippen molar-refractivity contribution in [2.45, 2.75) is 0 Å². The van der Waals surface area contributed by atoms with E-state index in [1.807, 2.05) is 0 Å². The van der Waals surface area contributed by atoms with Crippen molar-refractivity contribution in [3.63, 3.8) is 0 Å². The average molecular weight is 405 g/mol. The van der Waals surface area contributed by atoms with Crippen LogP contribution in [0.2, 0.25) is 10.3 Å². The normalized spacial score (nSPS) is 14.5. The van der Waals surface area contributed by atoms with Crippen molar-refractivity contribution >= 4 is 45.8 Å². The number of hydrogen-bond donors (Lipinski definition) is 2. The summed E-state index contributed by atoms with van der Waals surface area (Å²) >= 11 is 11.8. The fourth-order valence-corrected chi connectivity index (χ4v) is 3.26. The molecule has 0 bridgehead atoms. The van der Waals surface area contributed by atoms with Gasteiger partial charge < -0.3 is 15.2 Å². The van der Waals surface area contributed by atoms with Gasteiger partial charge in [0.2, 0.25) is 0 Å². The van der Waals surface area contributed by atoms with Crippen molar-refractivity contribution in [1.82, 2.24) is 30.2 Å². The summed E-state index contributed by atoms with van der Waals surface area (Å²) in [5.41, 5.74) is 1.74. The first-order chi connectivity index (χ1) is 13.1. The molecule has 27 heavy (non-hydrogen) atoms. The first kappa shape index (κ1) is 17.8. The second-order valence-corrected chi connectivity index (χ2v) is 6.71. The largest absolute Gasteiger partial charge is 0.359 e. The molecular formula is C17H14Cl2N6O2. The molecule has 138 valence electrons. The summed E-state index contributed by atoms with van der Waals surface area (Å²) < 4.78 is 0. The van der Waals surface area contributed by atoms with Crippen LogP contribution < -0.4 is 5.32 Å². The Hall–Kier alpha value is -2.55. The summed E-state index contributed by atoms with van der Waals surface area (Å²) in [5, 5.41) is 3.89. The molecule has 0 atom stereocenters. The van der Waals surface area contributed by atoms with E-state index in [1.54, 1.807) is 17.2 Å². The number of hydrogen-bond acceptors (Lipinski definition) is 6.